The number of nitrogens with zero attached hydrogens (tertiary/aromatic N) is 2. The SMILES string of the molecule is CCOC(=O)C(F)Cc1c(C)nc(CO)n1CC1CCO1. The van der Waals surface area contributed by atoms with Gasteiger partial charge in [0, 0.05) is 18.7 Å². The van der Waals surface area contributed by atoms with Gasteiger partial charge in [0.25, 0.3) is 0 Å². The number of imidazole rings is 1. The summed E-state index contributed by atoms with van der Waals surface area (Å²) < 4.78 is 25.8. The average Bonchev–Trinajstić information content (AvgIpc) is 2.70. The van der Waals surface area contributed by atoms with Crippen molar-refractivity contribution < 1.29 is 23.8 Å². The van der Waals surface area contributed by atoms with Gasteiger partial charge in [-0.1, -0.05) is 0 Å². The Hall–Kier alpha value is -1.47. The molecule has 1 saturated heterocycles. The molecule has 2 unspecified atom stereocenters. The van der Waals surface area contributed by atoms with E-state index in [0.717, 1.165) is 13.0 Å². The molecule has 1 N–H and O–H groups in total. The molecule has 6 nitrogen and oxygen atoms in total. The van der Waals surface area contributed by atoms with Crippen molar-refractivity contribution in [2.75, 3.05) is 13.2 Å². The highest BCUT2D eigenvalue weighted by Gasteiger charge is 2.27. The Kier molecular flexibility index (Phi) is 5.30. The molecule has 1 aliphatic heterocycles. The predicted molar refractivity (Wildman–Crippen MR) is 72.5 cm³/mol. The van der Waals surface area contributed by atoms with Gasteiger partial charge in [-0.3, -0.25) is 0 Å². The van der Waals surface area contributed by atoms with Crippen molar-refractivity contribution in [3.63, 3.8) is 0 Å². The molecular weight excluding hydrogens is 279 g/mol. The van der Waals surface area contributed by atoms with Crippen LogP contribution >= 0.6 is 0 Å². The molecule has 2 atom stereocenters. The van der Waals surface area contributed by atoms with Crippen LogP contribution in [0.15, 0.2) is 0 Å². The van der Waals surface area contributed by atoms with Crippen LogP contribution in [-0.4, -0.2) is 46.1 Å². The van der Waals surface area contributed by atoms with Gasteiger partial charge in [-0.05, 0) is 20.3 Å². The Labute approximate surface area is 122 Å². The molecule has 0 radical (unpaired) electrons. The highest BCUT2D eigenvalue weighted by atomic mass is 19.1. The number of esters is 1. The maximum atomic E-state index is 14.0. The van der Waals surface area contributed by atoms with Crippen LogP contribution in [0.2, 0.25) is 0 Å². The lowest BCUT2D eigenvalue weighted by atomic mass is 10.1. The fraction of sp³-hybridized carbons (Fsp3) is 0.714. The van der Waals surface area contributed by atoms with Gasteiger partial charge in [0.15, 0.2) is 0 Å². The summed E-state index contributed by atoms with van der Waals surface area (Å²) in [6, 6.07) is 0. The van der Waals surface area contributed by atoms with E-state index < -0.39 is 12.1 Å². The predicted octanol–water partition coefficient (Wildman–Crippen LogP) is 0.916. The number of aliphatic hydroxyl groups excluding tert-OH is 1. The maximum Gasteiger partial charge on any atom is 0.341 e. The van der Waals surface area contributed by atoms with Crippen LogP contribution in [0.5, 0.6) is 0 Å². The number of hydrogen-bond acceptors (Lipinski definition) is 5. The standard InChI is InChI=1S/C14H21FN2O4/c1-3-20-14(19)11(15)6-12-9(2)16-13(8-18)17(12)7-10-4-5-21-10/h10-11,18H,3-8H2,1-2H3. The molecule has 7 heteroatoms. The molecule has 1 aliphatic rings. The van der Waals surface area contributed by atoms with Crippen molar-refractivity contribution in [3.8, 4) is 0 Å². The molecule has 0 saturated carbocycles. The number of carbonyl (C=O) groups excluding carboxylic acids is 1. The molecule has 2 rings (SSSR count). The van der Waals surface area contributed by atoms with Gasteiger partial charge in [0.05, 0.1) is 24.9 Å². The minimum Gasteiger partial charge on any atom is -0.464 e. The molecular formula is C14H21FN2O4. The first-order chi connectivity index (χ1) is 10.1. The third-order valence-electron chi connectivity index (χ3n) is 3.59. The zero-order chi connectivity index (χ0) is 15.4. The number of aliphatic hydroxyl groups is 1. The van der Waals surface area contributed by atoms with E-state index in [1.165, 1.54) is 0 Å². The first-order valence-electron chi connectivity index (χ1n) is 7.14. The van der Waals surface area contributed by atoms with Crippen LogP contribution < -0.4 is 0 Å². The van der Waals surface area contributed by atoms with E-state index in [0.29, 0.717) is 23.8 Å². The Morgan fingerprint density at radius 3 is 2.90 bits per heavy atom. The number of carbonyl (C=O) groups is 1. The second-order valence-electron chi connectivity index (χ2n) is 5.03. The van der Waals surface area contributed by atoms with E-state index in [9.17, 15) is 14.3 Å². The number of ether oxygens (including phenoxy) is 2. The largest absolute Gasteiger partial charge is 0.464 e. The Bertz CT molecular complexity index is 499. The molecule has 0 amide bonds. The fourth-order valence-corrected chi connectivity index (χ4v) is 2.38. The monoisotopic (exact) mass is 300 g/mol. The first-order valence-corrected chi connectivity index (χ1v) is 7.14. The molecule has 1 aromatic heterocycles. The lowest BCUT2D eigenvalue weighted by molar-refractivity contribution is -0.149. The van der Waals surface area contributed by atoms with Crippen LogP contribution in [-0.2, 0) is 33.8 Å². The molecule has 0 aromatic carbocycles. The Morgan fingerprint density at radius 2 is 2.38 bits per heavy atom. The molecule has 21 heavy (non-hydrogen) atoms. The summed E-state index contributed by atoms with van der Waals surface area (Å²) in [7, 11) is 0. The average molecular weight is 300 g/mol. The summed E-state index contributed by atoms with van der Waals surface area (Å²) in [6.45, 7) is 4.53. The number of aromatic nitrogens is 2. The number of hydrogen-bond donors (Lipinski definition) is 1. The van der Waals surface area contributed by atoms with Gasteiger partial charge in [-0.25, -0.2) is 14.2 Å². The van der Waals surface area contributed by atoms with Crippen molar-refractivity contribution in [1.82, 2.24) is 9.55 Å². The van der Waals surface area contributed by atoms with Crippen molar-refractivity contribution in [2.45, 2.75) is 52.1 Å². The number of rotatable bonds is 7. The van der Waals surface area contributed by atoms with E-state index in [2.05, 4.69) is 9.72 Å². The maximum absolute atomic E-state index is 14.0. The normalized spacial score (nSPS) is 19.1. The molecule has 1 fully saturated rings. The van der Waals surface area contributed by atoms with Crippen LogP contribution in [0, 0.1) is 6.92 Å². The smallest absolute Gasteiger partial charge is 0.341 e. The molecule has 1 aromatic rings. The molecule has 0 spiro atoms. The molecule has 118 valence electrons. The highest BCUT2D eigenvalue weighted by molar-refractivity contribution is 5.74. The van der Waals surface area contributed by atoms with Crippen LogP contribution in [0.4, 0.5) is 4.39 Å². The van der Waals surface area contributed by atoms with Crippen molar-refractivity contribution in [2.24, 2.45) is 0 Å². The van der Waals surface area contributed by atoms with E-state index in [1.807, 2.05) is 0 Å². The summed E-state index contributed by atoms with van der Waals surface area (Å²) >= 11 is 0. The van der Waals surface area contributed by atoms with Crippen LogP contribution in [0.1, 0.15) is 30.6 Å². The van der Waals surface area contributed by atoms with Gasteiger partial charge in [0.2, 0.25) is 6.17 Å². The van der Waals surface area contributed by atoms with E-state index in [4.69, 9.17) is 4.74 Å². The third-order valence-corrected chi connectivity index (χ3v) is 3.59. The molecule has 0 aliphatic carbocycles. The fourth-order valence-electron chi connectivity index (χ4n) is 2.38. The van der Waals surface area contributed by atoms with Crippen LogP contribution in [0.25, 0.3) is 0 Å². The highest BCUT2D eigenvalue weighted by Crippen LogP contribution is 2.20. The quantitative estimate of drug-likeness (QED) is 0.758. The van der Waals surface area contributed by atoms with Gasteiger partial charge in [-0.15, -0.1) is 0 Å². The second kappa shape index (κ2) is 7.00. The molecule has 0 bridgehead atoms. The van der Waals surface area contributed by atoms with E-state index in [1.54, 1.807) is 18.4 Å². The van der Waals surface area contributed by atoms with Gasteiger partial charge >= 0.3 is 5.97 Å². The number of halogens is 1. The Morgan fingerprint density at radius 1 is 1.67 bits per heavy atom. The summed E-state index contributed by atoms with van der Waals surface area (Å²) in [5.74, 6) is -0.399. The number of alkyl halides is 1. The van der Waals surface area contributed by atoms with Crippen molar-refractivity contribution in [3.05, 3.63) is 17.2 Å². The van der Waals surface area contributed by atoms with E-state index in [-0.39, 0.29) is 25.7 Å². The summed E-state index contributed by atoms with van der Waals surface area (Å²) in [5, 5.41) is 9.38. The van der Waals surface area contributed by atoms with Crippen molar-refractivity contribution >= 4 is 5.97 Å². The second-order valence-corrected chi connectivity index (χ2v) is 5.03. The lowest BCUT2D eigenvalue weighted by Crippen LogP contribution is -2.33. The third kappa shape index (κ3) is 3.59. The molecule has 2 heterocycles. The lowest BCUT2D eigenvalue weighted by Gasteiger charge is -2.28. The van der Waals surface area contributed by atoms with Crippen molar-refractivity contribution in [1.29, 1.82) is 0 Å². The van der Waals surface area contributed by atoms with Crippen LogP contribution in [0.3, 0.4) is 0 Å². The van der Waals surface area contributed by atoms with Gasteiger partial charge in [0.1, 0.15) is 12.4 Å². The van der Waals surface area contributed by atoms with E-state index >= 15 is 0 Å². The summed E-state index contributed by atoms with van der Waals surface area (Å²) in [5.41, 5.74) is 1.22. The Balaban J connectivity index is 2.16. The minimum atomic E-state index is -1.73. The number of aryl methyl sites for hydroxylation is 1. The first kappa shape index (κ1) is 15.9. The van der Waals surface area contributed by atoms with Gasteiger partial charge in [-0.2, -0.15) is 0 Å². The summed E-state index contributed by atoms with van der Waals surface area (Å²) in [4.78, 5) is 15.7. The minimum absolute atomic E-state index is 0.0586. The zero-order valence-electron chi connectivity index (χ0n) is 12.3. The zero-order valence-corrected chi connectivity index (χ0v) is 12.3. The van der Waals surface area contributed by atoms with Gasteiger partial charge < -0.3 is 19.1 Å². The topological polar surface area (TPSA) is 73.6 Å². The summed E-state index contributed by atoms with van der Waals surface area (Å²) in [6.07, 6.45) is -0.848.